The first-order chi connectivity index (χ1) is 15.5. The largest absolute Gasteiger partial charge is 0.493 e. The molecule has 0 aliphatic carbocycles. The predicted octanol–water partition coefficient (Wildman–Crippen LogP) is 1.11. The van der Waals surface area contributed by atoms with Gasteiger partial charge in [-0.3, -0.25) is 14.8 Å². The summed E-state index contributed by atoms with van der Waals surface area (Å²) in [6, 6.07) is 6.80. The van der Waals surface area contributed by atoms with Crippen molar-refractivity contribution < 1.29 is 14.2 Å². The van der Waals surface area contributed by atoms with Gasteiger partial charge in [-0.2, -0.15) is 0 Å². The van der Waals surface area contributed by atoms with Crippen molar-refractivity contribution in [1.82, 2.24) is 25.3 Å². The third-order valence-electron chi connectivity index (χ3n) is 6.45. The fraction of sp³-hybridized carbons (Fsp3) is 0.696. The number of nitrogens with zero attached hydrogens (tertiary/aromatic N) is 4. The zero-order valence-electron chi connectivity index (χ0n) is 20.7. The zero-order chi connectivity index (χ0) is 22.9. The molecular weight excluding hydrogens is 535 g/mol. The monoisotopic (exact) mass is 576 g/mol. The molecule has 2 saturated heterocycles. The molecule has 188 valence electrons. The van der Waals surface area contributed by atoms with Crippen molar-refractivity contribution in [3.8, 4) is 11.5 Å². The van der Waals surface area contributed by atoms with Crippen LogP contribution in [0.4, 0.5) is 0 Å². The second-order valence-electron chi connectivity index (χ2n) is 8.51. The molecule has 3 rings (SSSR count). The van der Waals surface area contributed by atoms with Crippen LogP contribution in [0.2, 0.25) is 0 Å². The van der Waals surface area contributed by atoms with E-state index in [0.29, 0.717) is 6.04 Å². The van der Waals surface area contributed by atoms with E-state index in [4.69, 9.17) is 14.2 Å². The van der Waals surface area contributed by atoms with E-state index in [9.17, 15) is 0 Å². The van der Waals surface area contributed by atoms with Crippen LogP contribution in [0.25, 0.3) is 0 Å². The van der Waals surface area contributed by atoms with Crippen LogP contribution in [0.5, 0.6) is 11.5 Å². The number of hydrogen-bond acceptors (Lipinski definition) is 7. The summed E-state index contributed by atoms with van der Waals surface area (Å²) in [6.45, 7) is 8.14. The highest BCUT2D eigenvalue weighted by atomic mass is 127. The molecule has 33 heavy (non-hydrogen) atoms. The summed E-state index contributed by atoms with van der Waals surface area (Å²) in [7, 11) is 9.54. The number of rotatable bonds is 8. The first kappa shape index (κ1) is 27.9. The molecule has 1 aromatic rings. The topological polar surface area (TPSA) is 73.8 Å². The first-order valence-corrected chi connectivity index (χ1v) is 11.4. The minimum absolute atomic E-state index is 0. The van der Waals surface area contributed by atoms with Gasteiger partial charge in [0, 0.05) is 58.9 Å². The van der Waals surface area contributed by atoms with Crippen LogP contribution >= 0.6 is 24.0 Å². The van der Waals surface area contributed by atoms with Crippen molar-refractivity contribution in [3.05, 3.63) is 23.8 Å². The fourth-order valence-corrected chi connectivity index (χ4v) is 4.36. The van der Waals surface area contributed by atoms with E-state index in [1.165, 1.54) is 5.56 Å². The van der Waals surface area contributed by atoms with Gasteiger partial charge in [-0.15, -0.1) is 24.0 Å². The van der Waals surface area contributed by atoms with Crippen molar-refractivity contribution in [2.45, 2.75) is 12.1 Å². The summed E-state index contributed by atoms with van der Waals surface area (Å²) in [6.07, 6.45) is 0. The van der Waals surface area contributed by atoms with Gasteiger partial charge in [-0.1, -0.05) is 6.07 Å². The normalized spacial score (nSPS) is 21.7. The maximum atomic E-state index is 5.59. The van der Waals surface area contributed by atoms with E-state index >= 15 is 0 Å². The van der Waals surface area contributed by atoms with Crippen molar-refractivity contribution in [3.63, 3.8) is 0 Å². The Morgan fingerprint density at radius 1 is 1.09 bits per heavy atom. The minimum atomic E-state index is 0. The summed E-state index contributed by atoms with van der Waals surface area (Å²) in [5, 5.41) is 7.07. The molecule has 0 amide bonds. The number of halogens is 1. The molecule has 2 heterocycles. The first-order valence-electron chi connectivity index (χ1n) is 11.4. The molecule has 0 aromatic heterocycles. The fourth-order valence-electron chi connectivity index (χ4n) is 4.36. The summed E-state index contributed by atoms with van der Waals surface area (Å²) >= 11 is 0. The molecule has 2 N–H and O–H groups in total. The van der Waals surface area contributed by atoms with Crippen LogP contribution in [0.1, 0.15) is 11.6 Å². The smallest absolute Gasteiger partial charge is 0.191 e. The predicted molar refractivity (Wildman–Crippen MR) is 143 cm³/mol. The highest BCUT2D eigenvalue weighted by Crippen LogP contribution is 2.32. The van der Waals surface area contributed by atoms with Crippen molar-refractivity contribution >= 4 is 29.9 Å². The number of benzene rings is 1. The van der Waals surface area contributed by atoms with E-state index in [-0.39, 0.29) is 30.0 Å². The lowest BCUT2D eigenvalue weighted by Gasteiger charge is -2.38. The molecule has 0 radical (unpaired) electrons. The van der Waals surface area contributed by atoms with E-state index in [0.717, 1.165) is 76.5 Å². The molecule has 9 nitrogen and oxygen atoms in total. The summed E-state index contributed by atoms with van der Waals surface area (Å²) in [5.41, 5.74) is 1.18. The minimum Gasteiger partial charge on any atom is -0.493 e. The molecule has 0 saturated carbocycles. The number of guanidine groups is 1. The molecular formula is C23H41IN6O3. The van der Waals surface area contributed by atoms with Crippen molar-refractivity contribution in [1.29, 1.82) is 0 Å². The van der Waals surface area contributed by atoms with Gasteiger partial charge in [0.1, 0.15) is 0 Å². The highest BCUT2D eigenvalue weighted by molar-refractivity contribution is 14.0. The molecule has 2 aliphatic rings. The second-order valence-corrected chi connectivity index (χ2v) is 8.51. The Balaban J connectivity index is 0.00000385. The van der Waals surface area contributed by atoms with Gasteiger partial charge in [-0.05, 0) is 31.8 Å². The lowest BCUT2D eigenvalue weighted by molar-refractivity contribution is 0.0169. The number of methoxy groups -OCH3 is 2. The average Bonchev–Trinajstić information content (AvgIpc) is 2.83. The molecule has 2 atom stereocenters. The summed E-state index contributed by atoms with van der Waals surface area (Å²) < 4.78 is 16.6. The Morgan fingerprint density at radius 3 is 2.48 bits per heavy atom. The Morgan fingerprint density at radius 2 is 1.82 bits per heavy atom. The second kappa shape index (κ2) is 14.1. The van der Waals surface area contributed by atoms with Gasteiger partial charge in [0.2, 0.25) is 0 Å². The average molecular weight is 577 g/mol. The van der Waals surface area contributed by atoms with Crippen LogP contribution in [0.3, 0.4) is 0 Å². The molecule has 2 unspecified atom stereocenters. The SMILES string of the molecule is CN=C(NCC1CN(C)CCN1C)NCC(c1ccc(OC)c(OC)c1)N1CCOCC1.I. The van der Waals surface area contributed by atoms with Crippen LogP contribution in [0, 0.1) is 0 Å². The van der Waals surface area contributed by atoms with Crippen molar-refractivity contribution in [2.24, 2.45) is 4.99 Å². The summed E-state index contributed by atoms with van der Waals surface area (Å²) in [5.74, 6) is 2.31. The Labute approximate surface area is 215 Å². The van der Waals surface area contributed by atoms with E-state index in [1.807, 2.05) is 13.1 Å². The Hall–Kier alpha value is -1.34. The molecule has 0 bridgehead atoms. The molecule has 0 spiro atoms. The standard InChI is InChI=1S/C23H40N6O3.HI/c1-24-23(25-15-19-17-27(2)8-9-28(19)3)26-16-20(29-10-12-32-13-11-29)18-6-7-21(30-4)22(14-18)31-5;/h6-7,14,19-20H,8-13,15-17H2,1-5H3,(H2,24,25,26);1H. The maximum Gasteiger partial charge on any atom is 0.191 e. The van der Waals surface area contributed by atoms with E-state index in [1.54, 1.807) is 14.2 Å². The van der Waals surface area contributed by atoms with Gasteiger partial charge in [0.15, 0.2) is 17.5 Å². The third-order valence-corrected chi connectivity index (χ3v) is 6.45. The Kier molecular flexibility index (Phi) is 12.0. The highest BCUT2D eigenvalue weighted by Gasteiger charge is 2.25. The number of likely N-dealkylation sites (N-methyl/N-ethyl adjacent to an activating group) is 2. The number of nitrogens with one attached hydrogen (secondary N) is 2. The number of piperazine rings is 1. The van der Waals surface area contributed by atoms with Crippen LogP contribution in [-0.2, 0) is 4.74 Å². The van der Waals surface area contributed by atoms with E-state index in [2.05, 4.69) is 56.6 Å². The van der Waals surface area contributed by atoms with Gasteiger partial charge in [0.05, 0.1) is 33.5 Å². The number of hydrogen-bond donors (Lipinski definition) is 2. The van der Waals surface area contributed by atoms with Gasteiger partial charge >= 0.3 is 0 Å². The third kappa shape index (κ3) is 7.84. The lowest BCUT2D eigenvalue weighted by atomic mass is 10.0. The number of aliphatic imine (C=N–C) groups is 1. The molecule has 10 heteroatoms. The van der Waals surface area contributed by atoms with Crippen molar-refractivity contribution in [2.75, 3.05) is 94.4 Å². The van der Waals surface area contributed by atoms with Gasteiger partial charge in [0.25, 0.3) is 0 Å². The Bertz CT molecular complexity index is 747. The quantitative estimate of drug-likeness (QED) is 0.271. The van der Waals surface area contributed by atoms with Crippen LogP contribution < -0.4 is 20.1 Å². The lowest BCUT2D eigenvalue weighted by Crippen LogP contribution is -2.55. The zero-order valence-corrected chi connectivity index (χ0v) is 23.0. The van der Waals surface area contributed by atoms with Gasteiger partial charge in [-0.25, -0.2) is 0 Å². The van der Waals surface area contributed by atoms with Gasteiger partial charge < -0.3 is 29.7 Å². The van der Waals surface area contributed by atoms with Crippen LogP contribution in [0.15, 0.2) is 23.2 Å². The maximum absolute atomic E-state index is 5.59. The summed E-state index contributed by atoms with van der Waals surface area (Å²) in [4.78, 5) is 11.7. The number of morpholine rings is 1. The number of ether oxygens (including phenoxy) is 3. The van der Waals surface area contributed by atoms with Crippen LogP contribution in [-0.4, -0.2) is 121 Å². The molecule has 2 fully saturated rings. The molecule has 2 aliphatic heterocycles. The van der Waals surface area contributed by atoms with E-state index < -0.39 is 0 Å². The molecule has 1 aromatic carbocycles.